The van der Waals surface area contributed by atoms with Gasteiger partial charge in [-0.15, -0.1) is 0 Å². The smallest absolute Gasteiger partial charge is 0.160 e. The molecule has 278 valence electrons. The lowest BCUT2D eigenvalue weighted by atomic mass is 9.66. The predicted molar refractivity (Wildman–Crippen MR) is 239 cm³/mol. The standard InChI is InChI=1S/C56H38N2O/c1-55(2)44-22-9-6-19-40(44)43-29-27-39(33-48(43)55)51-34-50(57-54(58-51)35-15-4-3-5-16-35)38-18-14-17-36(31-38)37-28-30-53-49(32-37)56(47-25-12-13-26-52(47)59-53)45-23-10-7-20-41(45)42-21-8-11-24-46(42)56/h3-34H,1-2H3. The van der Waals surface area contributed by atoms with E-state index in [0.717, 1.165) is 61.8 Å². The third-order valence-corrected chi connectivity index (χ3v) is 13.0. The number of rotatable bonds is 4. The highest BCUT2D eigenvalue weighted by molar-refractivity contribution is 5.90. The number of nitrogens with zero attached hydrogens (tertiary/aromatic N) is 2. The molecule has 1 spiro atoms. The molecule has 1 aromatic heterocycles. The van der Waals surface area contributed by atoms with Gasteiger partial charge in [0.2, 0.25) is 0 Å². The average molecular weight is 755 g/mol. The minimum absolute atomic E-state index is 0.113. The van der Waals surface area contributed by atoms with E-state index in [1.807, 2.05) is 18.2 Å². The Bertz CT molecular complexity index is 3130. The minimum atomic E-state index is -0.525. The molecule has 2 heterocycles. The lowest BCUT2D eigenvalue weighted by Gasteiger charge is -2.39. The van der Waals surface area contributed by atoms with E-state index in [1.165, 1.54) is 44.5 Å². The molecule has 59 heavy (non-hydrogen) atoms. The monoisotopic (exact) mass is 754 g/mol. The molecular weight excluding hydrogens is 717 g/mol. The van der Waals surface area contributed by atoms with Crippen LogP contribution in [-0.2, 0) is 10.8 Å². The maximum atomic E-state index is 6.73. The second-order valence-electron chi connectivity index (χ2n) is 16.5. The van der Waals surface area contributed by atoms with Gasteiger partial charge in [0, 0.05) is 33.2 Å². The molecule has 3 aliphatic rings. The van der Waals surface area contributed by atoms with E-state index < -0.39 is 5.41 Å². The zero-order chi connectivity index (χ0) is 39.3. The second-order valence-corrected chi connectivity index (χ2v) is 16.5. The van der Waals surface area contributed by atoms with Crippen LogP contribution >= 0.6 is 0 Å². The number of hydrogen-bond acceptors (Lipinski definition) is 3. The molecule has 0 saturated heterocycles. The van der Waals surface area contributed by atoms with E-state index in [2.05, 4.69) is 190 Å². The summed E-state index contributed by atoms with van der Waals surface area (Å²) in [6.45, 7) is 4.65. The van der Waals surface area contributed by atoms with Gasteiger partial charge < -0.3 is 4.74 Å². The van der Waals surface area contributed by atoms with Crippen LogP contribution in [0.15, 0.2) is 194 Å². The molecule has 12 rings (SSSR count). The van der Waals surface area contributed by atoms with Gasteiger partial charge in [0.05, 0.1) is 16.8 Å². The topological polar surface area (TPSA) is 35.0 Å². The fourth-order valence-electron chi connectivity index (χ4n) is 10.2. The third kappa shape index (κ3) is 4.88. The Morgan fingerprint density at radius 1 is 0.339 bits per heavy atom. The fourth-order valence-corrected chi connectivity index (χ4v) is 10.2. The summed E-state index contributed by atoms with van der Waals surface area (Å²) in [5, 5.41) is 0. The van der Waals surface area contributed by atoms with E-state index in [-0.39, 0.29) is 5.41 Å². The number of para-hydroxylation sites is 1. The Labute approximate surface area is 344 Å². The van der Waals surface area contributed by atoms with Crippen molar-refractivity contribution in [1.29, 1.82) is 0 Å². The first-order chi connectivity index (χ1) is 29.0. The Morgan fingerprint density at radius 2 is 0.831 bits per heavy atom. The molecule has 1 aliphatic heterocycles. The van der Waals surface area contributed by atoms with Gasteiger partial charge in [-0.2, -0.15) is 0 Å². The lowest BCUT2D eigenvalue weighted by Crippen LogP contribution is -2.32. The van der Waals surface area contributed by atoms with Crippen molar-refractivity contribution < 1.29 is 4.74 Å². The Morgan fingerprint density at radius 3 is 1.56 bits per heavy atom. The van der Waals surface area contributed by atoms with Gasteiger partial charge in [0.15, 0.2) is 5.82 Å². The number of ether oxygens (including phenoxy) is 1. The largest absolute Gasteiger partial charge is 0.457 e. The molecule has 0 fully saturated rings. The Hall–Kier alpha value is -7.36. The summed E-state index contributed by atoms with van der Waals surface area (Å²) in [6.07, 6.45) is 0. The van der Waals surface area contributed by atoms with Crippen molar-refractivity contribution in [3.05, 3.63) is 228 Å². The highest BCUT2D eigenvalue weighted by Gasteiger charge is 2.51. The predicted octanol–water partition coefficient (Wildman–Crippen LogP) is 13.9. The van der Waals surface area contributed by atoms with Crippen molar-refractivity contribution in [2.24, 2.45) is 0 Å². The van der Waals surface area contributed by atoms with Gasteiger partial charge in [-0.3, -0.25) is 0 Å². The van der Waals surface area contributed by atoms with Gasteiger partial charge in [-0.25, -0.2) is 9.97 Å². The minimum Gasteiger partial charge on any atom is -0.457 e. The normalized spacial score (nSPS) is 14.3. The van der Waals surface area contributed by atoms with Crippen molar-refractivity contribution >= 4 is 0 Å². The van der Waals surface area contributed by atoms with E-state index >= 15 is 0 Å². The van der Waals surface area contributed by atoms with Crippen LogP contribution in [0.1, 0.15) is 47.2 Å². The van der Waals surface area contributed by atoms with Crippen molar-refractivity contribution in [3.63, 3.8) is 0 Å². The van der Waals surface area contributed by atoms with E-state index in [9.17, 15) is 0 Å². The summed E-state index contributed by atoms with van der Waals surface area (Å²) in [5.74, 6) is 2.48. The first-order valence-corrected chi connectivity index (χ1v) is 20.4. The van der Waals surface area contributed by atoms with E-state index in [4.69, 9.17) is 14.7 Å². The molecule has 0 N–H and O–H groups in total. The molecule has 3 heteroatoms. The summed E-state index contributed by atoms with van der Waals surface area (Å²) < 4.78 is 6.73. The highest BCUT2D eigenvalue weighted by Crippen LogP contribution is 2.62. The Kier molecular flexibility index (Phi) is 7.19. The molecule has 0 saturated carbocycles. The molecular formula is C56H38N2O. The van der Waals surface area contributed by atoms with Gasteiger partial charge >= 0.3 is 0 Å². The van der Waals surface area contributed by atoms with Crippen LogP contribution in [0, 0.1) is 0 Å². The van der Waals surface area contributed by atoms with E-state index in [1.54, 1.807) is 0 Å². The fraction of sp³-hybridized carbons (Fsp3) is 0.0714. The number of fused-ring (bicyclic) bond motifs is 12. The van der Waals surface area contributed by atoms with Crippen LogP contribution < -0.4 is 4.74 Å². The van der Waals surface area contributed by atoms with Gasteiger partial charge in [-0.05, 0) is 92.0 Å². The number of hydrogen-bond donors (Lipinski definition) is 0. The van der Waals surface area contributed by atoms with Crippen LogP contribution in [0.3, 0.4) is 0 Å². The van der Waals surface area contributed by atoms with Crippen LogP contribution in [0.5, 0.6) is 11.5 Å². The van der Waals surface area contributed by atoms with Crippen LogP contribution in [0.2, 0.25) is 0 Å². The maximum Gasteiger partial charge on any atom is 0.160 e. The molecule has 3 nitrogen and oxygen atoms in total. The van der Waals surface area contributed by atoms with Crippen molar-refractivity contribution in [1.82, 2.24) is 9.97 Å². The zero-order valence-corrected chi connectivity index (χ0v) is 32.8. The third-order valence-electron chi connectivity index (χ3n) is 13.0. The zero-order valence-electron chi connectivity index (χ0n) is 32.8. The molecule has 0 atom stereocenters. The second kappa shape index (κ2) is 12.6. The first-order valence-electron chi connectivity index (χ1n) is 20.4. The van der Waals surface area contributed by atoms with Crippen LogP contribution in [0.4, 0.5) is 0 Å². The van der Waals surface area contributed by atoms with Gasteiger partial charge in [0.1, 0.15) is 11.5 Å². The first kappa shape index (κ1) is 33.7. The summed E-state index contributed by atoms with van der Waals surface area (Å²) in [7, 11) is 0. The molecule has 0 radical (unpaired) electrons. The van der Waals surface area contributed by atoms with Crippen molar-refractivity contribution in [2.45, 2.75) is 24.7 Å². The number of aromatic nitrogens is 2. The molecule has 2 aliphatic carbocycles. The van der Waals surface area contributed by atoms with Crippen molar-refractivity contribution in [2.75, 3.05) is 0 Å². The van der Waals surface area contributed by atoms with Crippen LogP contribution in [0.25, 0.3) is 67.3 Å². The maximum absolute atomic E-state index is 6.73. The summed E-state index contributed by atoms with van der Waals surface area (Å²) in [5.41, 5.74) is 19.2. The van der Waals surface area contributed by atoms with Crippen LogP contribution in [-0.4, -0.2) is 9.97 Å². The summed E-state index contributed by atoms with van der Waals surface area (Å²) >= 11 is 0. The molecule has 9 aromatic rings. The molecule has 0 amide bonds. The molecule has 0 unspecified atom stereocenters. The Balaban J connectivity index is 1.01. The van der Waals surface area contributed by atoms with E-state index in [0.29, 0.717) is 5.82 Å². The lowest BCUT2D eigenvalue weighted by molar-refractivity contribution is 0.436. The summed E-state index contributed by atoms with van der Waals surface area (Å²) in [6, 6.07) is 69.8. The average Bonchev–Trinajstić information content (AvgIpc) is 3.72. The summed E-state index contributed by atoms with van der Waals surface area (Å²) in [4.78, 5) is 10.5. The van der Waals surface area contributed by atoms with Crippen molar-refractivity contribution in [3.8, 4) is 78.8 Å². The van der Waals surface area contributed by atoms with Gasteiger partial charge in [0.25, 0.3) is 0 Å². The molecule has 8 aromatic carbocycles. The highest BCUT2D eigenvalue weighted by atomic mass is 16.5. The number of benzene rings is 8. The molecule has 0 bridgehead atoms. The quantitative estimate of drug-likeness (QED) is 0.179. The van der Waals surface area contributed by atoms with Gasteiger partial charge in [-0.1, -0.05) is 172 Å². The SMILES string of the molecule is CC1(C)c2ccccc2-c2ccc(-c3cc(-c4cccc(-c5ccc6c(c5)C5(c7ccccc7O6)c6ccccc6-c6ccccc65)c4)nc(-c4ccccc4)n3)cc21.